The van der Waals surface area contributed by atoms with Gasteiger partial charge in [-0.05, 0) is 42.9 Å². The van der Waals surface area contributed by atoms with Crippen LogP contribution in [-0.4, -0.2) is 5.38 Å². The van der Waals surface area contributed by atoms with Gasteiger partial charge in [-0.1, -0.05) is 36.9 Å². The van der Waals surface area contributed by atoms with Gasteiger partial charge in [0.15, 0.2) is 0 Å². The van der Waals surface area contributed by atoms with Crippen LogP contribution in [0.1, 0.15) is 37.7 Å². The zero-order chi connectivity index (χ0) is 12.3. The van der Waals surface area contributed by atoms with Crippen LogP contribution in [0.25, 0.3) is 0 Å². The van der Waals surface area contributed by atoms with Crippen LogP contribution in [0.5, 0.6) is 0 Å². The fourth-order valence-electron chi connectivity index (χ4n) is 2.54. The normalized spacial score (nSPS) is 25.6. The van der Waals surface area contributed by atoms with Crippen LogP contribution in [-0.2, 0) is 6.42 Å². The fraction of sp³-hybridized carbons (Fsp3) is 0.571. The molecule has 0 bridgehead atoms. The van der Waals surface area contributed by atoms with Crippen LogP contribution in [0, 0.1) is 11.7 Å². The van der Waals surface area contributed by atoms with Crippen molar-refractivity contribution >= 4 is 23.2 Å². The molecule has 0 N–H and O–H groups in total. The molecule has 1 aliphatic rings. The van der Waals surface area contributed by atoms with Crippen LogP contribution >= 0.6 is 23.2 Å². The van der Waals surface area contributed by atoms with Gasteiger partial charge in [0.25, 0.3) is 0 Å². The largest absolute Gasteiger partial charge is 0.207 e. The van der Waals surface area contributed by atoms with Gasteiger partial charge in [-0.3, -0.25) is 0 Å². The maximum atomic E-state index is 13.7. The third-order valence-corrected chi connectivity index (χ3v) is 4.37. The van der Waals surface area contributed by atoms with E-state index in [1.807, 2.05) is 0 Å². The van der Waals surface area contributed by atoms with Gasteiger partial charge < -0.3 is 0 Å². The molecule has 1 fully saturated rings. The summed E-state index contributed by atoms with van der Waals surface area (Å²) in [6.07, 6.45) is 6.56. The van der Waals surface area contributed by atoms with Gasteiger partial charge >= 0.3 is 0 Å². The van der Waals surface area contributed by atoms with Crippen molar-refractivity contribution in [1.29, 1.82) is 0 Å². The average Bonchev–Trinajstić information content (AvgIpc) is 2.48. The first-order chi connectivity index (χ1) is 8.16. The molecular formula is C14H17Cl2F. The monoisotopic (exact) mass is 274 g/mol. The van der Waals surface area contributed by atoms with Crippen molar-refractivity contribution in [3.8, 4) is 0 Å². The first-order valence-electron chi connectivity index (χ1n) is 6.25. The highest BCUT2D eigenvalue weighted by Crippen LogP contribution is 2.31. The molecule has 0 saturated heterocycles. The second-order valence-electron chi connectivity index (χ2n) is 4.85. The fourth-order valence-corrected chi connectivity index (χ4v) is 3.07. The van der Waals surface area contributed by atoms with E-state index in [2.05, 4.69) is 0 Å². The van der Waals surface area contributed by atoms with Crippen molar-refractivity contribution < 1.29 is 4.39 Å². The van der Waals surface area contributed by atoms with E-state index in [1.54, 1.807) is 12.1 Å². The quantitative estimate of drug-likeness (QED) is 0.513. The maximum Gasteiger partial charge on any atom is 0.127 e. The Morgan fingerprint density at radius 2 is 1.94 bits per heavy atom. The Hall–Kier alpha value is -0.270. The first kappa shape index (κ1) is 13.2. The molecule has 0 aromatic heterocycles. The van der Waals surface area contributed by atoms with Crippen LogP contribution in [0.3, 0.4) is 0 Å². The minimum absolute atomic E-state index is 0.188. The average molecular weight is 275 g/mol. The molecule has 2 rings (SSSR count). The minimum Gasteiger partial charge on any atom is -0.207 e. The third kappa shape index (κ3) is 3.59. The van der Waals surface area contributed by atoms with Crippen molar-refractivity contribution in [3.63, 3.8) is 0 Å². The van der Waals surface area contributed by atoms with Crippen molar-refractivity contribution in [1.82, 2.24) is 0 Å². The Balaban J connectivity index is 2.08. The lowest BCUT2D eigenvalue weighted by atomic mass is 9.92. The molecule has 1 aromatic rings. The van der Waals surface area contributed by atoms with Gasteiger partial charge in [0.05, 0.1) is 0 Å². The lowest BCUT2D eigenvalue weighted by molar-refractivity contribution is 0.454. The first-order valence-corrected chi connectivity index (χ1v) is 7.06. The summed E-state index contributed by atoms with van der Waals surface area (Å²) in [4.78, 5) is 0. The predicted octanol–water partition coefficient (Wildman–Crippen LogP) is 5.21. The molecule has 0 heterocycles. The van der Waals surface area contributed by atoms with Gasteiger partial charge in [0.1, 0.15) is 5.82 Å². The molecule has 2 unspecified atom stereocenters. The standard InChI is InChI=1S/C14H17Cl2F/c15-12-7-6-11(14(17)9-12)8-10-4-2-1-3-5-13(10)16/h6-7,9-10,13H,1-5,8H2. The molecule has 94 valence electrons. The molecule has 1 saturated carbocycles. The number of hydrogen-bond acceptors (Lipinski definition) is 0. The van der Waals surface area contributed by atoms with Crippen LogP contribution in [0.15, 0.2) is 18.2 Å². The van der Waals surface area contributed by atoms with Crippen LogP contribution in [0.2, 0.25) is 5.02 Å². The molecular weight excluding hydrogens is 258 g/mol. The number of hydrogen-bond donors (Lipinski definition) is 0. The molecule has 0 amide bonds. The molecule has 0 nitrogen and oxygen atoms in total. The SMILES string of the molecule is Fc1cc(Cl)ccc1CC1CCCCCC1Cl. The predicted molar refractivity (Wildman–Crippen MR) is 71.3 cm³/mol. The van der Waals surface area contributed by atoms with E-state index in [-0.39, 0.29) is 11.2 Å². The van der Waals surface area contributed by atoms with E-state index in [1.165, 1.54) is 25.3 Å². The number of alkyl halides is 1. The molecule has 2 atom stereocenters. The molecule has 0 spiro atoms. The summed E-state index contributed by atoms with van der Waals surface area (Å²) in [5.41, 5.74) is 0.743. The highest BCUT2D eigenvalue weighted by atomic mass is 35.5. The van der Waals surface area contributed by atoms with Crippen molar-refractivity contribution in [3.05, 3.63) is 34.6 Å². The van der Waals surface area contributed by atoms with E-state index < -0.39 is 0 Å². The van der Waals surface area contributed by atoms with E-state index in [0.29, 0.717) is 10.9 Å². The minimum atomic E-state index is -0.203. The molecule has 1 aromatic carbocycles. The summed E-state index contributed by atoms with van der Waals surface area (Å²) in [7, 11) is 0. The zero-order valence-electron chi connectivity index (χ0n) is 9.76. The molecule has 3 heteroatoms. The van der Waals surface area contributed by atoms with Gasteiger partial charge in [0.2, 0.25) is 0 Å². The topological polar surface area (TPSA) is 0 Å². The van der Waals surface area contributed by atoms with Crippen molar-refractivity contribution in [2.45, 2.75) is 43.9 Å². The van der Waals surface area contributed by atoms with Gasteiger partial charge in [-0.2, -0.15) is 0 Å². The van der Waals surface area contributed by atoms with Crippen molar-refractivity contribution in [2.75, 3.05) is 0 Å². The summed E-state index contributed by atoms with van der Waals surface area (Å²) < 4.78 is 13.7. The Morgan fingerprint density at radius 1 is 1.18 bits per heavy atom. The number of halogens is 3. The summed E-state index contributed by atoms with van der Waals surface area (Å²) in [6.45, 7) is 0. The highest BCUT2D eigenvalue weighted by Gasteiger charge is 2.22. The second kappa shape index (κ2) is 6.06. The number of rotatable bonds is 2. The smallest absolute Gasteiger partial charge is 0.127 e. The van der Waals surface area contributed by atoms with Crippen molar-refractivity contribution in [2.24, 2.45) is 5.92 Å². The van der Waals surface area contributed by atoms with Gasteiger partial charge in [0, 0.05) is 10.4 Å². The lowest BCUT2D eigenvalue weighted by Crippen LogP contribution is -2.16. The van der Waals surface area contributed by atoms with E-state index in [4.69, 9.17) is 23.2 Å². The Labute approximate surface area is 112 Å². The van der Waals surface area contributed by atoms with Crippen LogP contribution in [0.4, 0.5) is 4.39 Å². The third-order valence-electron chi connectivity index (χ3n) is 3.56. The summed E-state index contributed by atoms with van der Waals surface area (Å²) in [5.74, 6) is 0.195. The van der Waals surface area contributed by atoms with Gasteiger partial charge in [-0.15, -0.1) is 11.6 Å². The molecule has 0 aliphatic heterocycles. The Morgan fingerprint density at radius 3 is 2.71 bits per heavy atom. The molecule has 0 radical (unpaired) electrons. The Bertz CT molecular complexity index is 378. The lowest BCUT2D eigenvalue weighted by Gasteiger charge is -2.19. The number of benzene rings is 1. The van der Waals surface area contributed by atoms with E-state index >= 15 is 0 Å². The van der Waals surface area contributed by atoms with Crippen LogP contribution < -0.4 is 0 Å². The summed E-state index contributed by atoms with van der Waals surface area (Å²) in [6, 6.07) is 4.92. The van der Waals surface area contributed by atoms with E-state index in [0.717, 1.165) is 24.8 Å². The summed E-state index contributed by atoms with van der Waals surface area (Å²) in [5, 5.41) is 0.641. The maximum absolute atomic E-state index is 13.7. The molecule has 17 heavy (non-hydrogen) atoms. The van der Waals surface area contributed by atoms with E-state index in [9.17, 15) is 4.39 Å². The zero-order valence-corrected chi connectivity index (χ0v) is 11.3. The van der Waals surface area contributed by atoms with Gasteiger partial charge in [-0.25, -0.2) is 4.39 Å². The summed E-state index contributed by atoms with van der Waals surface area (Å²) >= 11 is 12.1. The molecule has 1 aliphatic carbocycles. The highest BCUT2D eigenvalue weighted by molar-refractivity contribution is 6.30. The Kier molecular flexibility index (Phi) is 4.69. The second-order valence-corrected chi connectivity index (χ2v) is 5.85.